The van der Waals surface area contributed by atoms with E-state index < -0.39 is 10.0 Å². The lowest BCUT2D eigenvalue weighted by molar-refractivity contribution is 0.0342. The second-order valence-corrected chi connectivity index (χ2v) is 11.7. The van der Waals surface area contributed by atoms with Crippen molar-refractivity contribution >= 4 is 10.0 Å². The Bertz CT molecular complexity index is 1170. The highest BCUT2D eigenvalue weighted by molar-refractivity contribution is 7.89. The summed E-state index contributed by atoms with van der Waals surface area (Å²) < 4.78 is 34.4. The summed E-state index contributed by atoms with van der Waals surface area (Å²) in [5.74, 6) is 0.451. The van der Waals surface area contributed by atoms with E-state index in [4.69, 9.17) is 4.74 Å². The Kier molecular flexibility index (Phi) is 6.44. The van der Waals surface area contributed by atoms with Crippen LogP contribution in [0, 0.1) is 5.92 Å². The van der Waals surface area contributed by atoms with E-state index in [1.165, 1.54) is 0 Å². The maximum Gasteiger partial charge on any atom is 0.258 e. The highest BCUT2D eigenvalue weighted by Gasteiger charge is 2.39. The number of fused-ring (bicyclic) bond motifs is 4. The van der Waals surface area contributed by atoms with E-state index in [1.54, 1.807) is 4.31 Å². The normalized spacial score (nSPS) is 23.9. The molecule has 8 heteroatoms. The highest BCUT2D eigenvalue weighted by atomic mass is 32.2. The number of aromatic nitrogens is 1. The van der Waals surface area contributed by atoms with Gasteiger partial charge in [0.15, 0.2) is 0 Å². The first-order chi connectivity index (χ1) is 16.0. The number of benzene rings is 1. The Morgan fingerprint density at radius 2 is 1.79 bits per heavy atom. The molecule has 7 nitrogen and oxygen atoms in total. The van der Waals surface area contributed by atoms with E-state index in [1.807, 2.05) is 35.8 Å². The summed E-state index contributed by atoms with van der Waals surface area (Å²) >= 11 is 0. The lowest BCUT2D eigenvalue weighted by atomic mass is 9.83. The quantitative estimate of drug-likeness (QED) is 0.647. The van der Waals surface area contributed by atoms with Gasteiger partial charge in [-0.05, 0) is 42.0 Å². The third-order valence-electron chi connectivity index (χ3n) is 7.23. The topological polar surface area (TPSA) is 71.9 Å². The lowest BCUT2D eigenvalue weighted by Crippen LogP contribution is -2.49. The van der Waals surface area contributed by atoms with E-state index >= 15 is 0 Å². The molecule has 2 fully saturated rings. The third kappa shape index (κ3) is 4.54. The van der Waals surface area contributed by atoms with Crippen LogP contribution in [0.5, 0.6) is 0 Å². The molecular formula is C25H33N3O4S. The fourth-order valence-corrected chi connectivity index (χ4v) is 7.26. The molecule has 0 saturated carbocycles. The Labute approximate surface area is 196 Å². The molecule has 3 aliphatic rings. The molecule has 0 amide bonds. The van der Waals surface area contributed by atoms with Gasteiger partial charge in [-0.1, -0.05) is 31.2 Å². The molecule has 2 atom stereocenters. The van der Waals surface area contributed by atoms with Crippen LogP contribution in [0.4, 0.5) is 0 Å². The van der Waals surface area contributed by atoms with Crippen LogP contribution in [0.2, 0.25) is 0 Å². The molecule has 3 aliphatic heterocycles. The van der Waals surface area contributed by atoms with Gasteiger partial charge in [0, 0.05) is 56.4 Å². The van der Waals surface area contributed by atoms with Gasteiger partial charge < -0.3 is 9.30 Å². The average Bonchev–Trinajstić information content (AvgIpc) is 2.81. The first kappa shape index (κ1) is 22.8. The van der Waals surface area contributed by atoms with Crippen molar-refractivity contribution in [2.75, 3.05) is 45.1 Å². The molecule has 0 aliphatic carbocycles. The monoisotopic (exact) mass is 471 g/mol. The second kappa shape index (κ2) is 9.33. The zero-order valence-electron chi connectivity index (χ0n) is 19.3. The van der Waals surface area contributed by atoms with E-state index in [9.17, 15) is 13.2 Å². The van der Waals surface area contributed by atoms with Gasteiger partial charge >= 0.3 is 0 Å². The summed E-state index contributed by atoms with van der Waals surface area (Å²) in [4.78, 5) is 16.0. The standard InChI is InChI=1S/C25H33N3O4S/c1-2-13-33(30,31)27-15-19-14-21(18-27)24-8-7-23(25(29)28(24)16-19)22-6-4-3-5-20(22)17-26-9-11-32-12-10-26/h3-8,19,21H,2,9-18H2,1H3. The molecular weight excluding hydrogens is 438 g/mol. The first-order valence-corrected chi connectivity index (χ1v) is 13.7. The molecule has 178 valence electrons. The van der Waals surface area contributed by atoms with Crippen LogP contribution in [0.15, 0.2) is 41.2 Å². The van der Waals surface area contributed by atoms with E-state index in [2.05, 4.69) is 17.0 Å². The summed E-state index contributed by atoms with van der Waals surface area (Å²) in [5, 5.41) is 0. The molecule has 0 spiro atoms. The van der Waals surface area contributed by atoms with Gasteiger partial charge in [0.2, 0.25) is 10.0 Å². The molecule has 1 aromatic carbocycles. The number of hydrogen-bond acceptors (Lipinski definition) is 5. The SMILES string of the molecule is CCCS(=O)(=O)N1CC2CC(C1)c1ccc(-c3ccccc3CN3CCOCC3)c(=O)n1C2. The molecule has 2 bridgehead atoms. The van der Waals surface area contributed by atoms with E-state index in [0.29, 0.717) is 26.1 Å². The predicted molar refractivity (Wildman–Crippen MR) is 129 cm³/mol. The van der Waals surface area contributed by atoms with Crippen LogP contribution in [0.25, 0.3) is 11.1 Å². The molecule has 4 heterocycles. The van der Waals surface area contributed by atoms with Crippen LogP contribution in [-0.2, 0) is 27.8 Å². The Morgan fingerprint density at radius 3 is 2.58 bits per heavy atom. The third-order valence-corrected chi connectivity index (χ3v) is 9.24. The molecule has 5 rings (SSSR count). The lowest BCUT2D eigenvalue weighted by Gasteiger charge is -2.42. The van der Waals surface area contributed by atoms with Gasteiger partial charge in [-0.15, -0.1) is 0 Å². The highest BCUT2D eigenvalue weighted by Crippen LogP contribution is 2.37. The van der Waals surface area contributed by atoms with Crippen LogP contribution >= 0.6 is 0 Å². The molecule has 33 heavy (non-hydrogen) atoms. The molecule has 2 unspecified atom stereocenters. The van der Waals surface area contributed by atoms with Gasteiger partial charge in [0.1, 0.15) is 0 Å². The number of morpholine rings is 1. The van der Waals surface area contributed by atoms with Gasteiger partial charge in [-0.3, -0.25) is 9.69 Å². The number of hydrogen-bond donors (Lipinski definition) is 0. The van der Waals surface area contributed by atoms with Crippen molar-refractivity contribution in [3.8, 4) is 11.1 Å². The largest absolute Gasteiger partial charge is 0.379 e. The van der Waals surface area contributed by atoms with Crippen LogP contribution in [0.1, 0.15) is 36.9 Å². The van der Waals surface area contributed by atoms with Crippen LogP contribution in [-0.4, -0.2) is 67.3 Å². The van der Waals surface area contributed by atoms with Crippen molar-refractivity contribution in [3.63, 3.8) is 0 Å². The Hall–Kier alpha value is -2.00. The molecule has 0 N–H and O–H groups in total. The average molecular weight is 472 g/mol. The predicted octanol–water partition coefficient (Wildman–Crippen LogP) is 2.51. The number of rotatable bonds is 6. The van der Waals surface area contributed by atoms with Gasteiger partial charge in [-0.2, -0.15) is 0 Å². The molecule has 0 radical (unpaired) electrons. The van der Waals surface area contributed by atoms with Crippen molar-refractivity contribution in [3.05, 3.63) is 58.0 Å². The summed E-state index contributed by atoms with van der Waals surface area (Å²) in [6.45, 7) is 7.58. The van der Waals surface area contributed by atoms with E-state index in [-0.39, 0.29) is 23.1 Å². The van der Waals surface area contributed by atoms with Gasteiger partial charge in [0.25, 0.3) is 5.56 Å². The minimum Gasteiger partial charge on any atom is -0.379 e. The van der Waals surface area contributed by atoms with Crippen molar-refractivity contribution in [2.45, 2.75) is 38.8 Å². The summed E-state index contributed by atoms with van der Waals surface area (Å²) in [6.07, 6.45) is 1.57. The summed E-state index contributed by atoms with van der Waals surface area (Å²) in [5.41, 5.74) is 3.90. The van der Waals surface area contributed by atoms with Crippen molar-refractivity contribution in [2.24, 2.45) is 5.92 Å². The summed E-state index contributed by atoms with van der Waals surface area (Å²) in [6, 6.07) is 12.2. The Balaban J connectivity index is 1.46. The maximum atomic E-state index is 13.7. The van der Waals surface area contributed by atoms with Gasteiger partial charge in [-0.25, -0.2) is 12.7 Å². The molecule has 2 aromatic rings. The number of pyridine rings is 1. The second-order valence-electron chi connectivity index (χ2n) is 9.56. The fourth-order valence-electron chi connectivity index (χ4n) is 5.64. The maximum absolute atomic E-state index is 13.7. The number of nitrogens with zero attached hydrogens (tertiary/aromatic N) is 3. The summed E-state index contributed by atoms with van der Waals surface area (Å²) in [7, 11) is -3.23. The minimum atomic E-state index is -3.23. The number of ether oxygens (including phenoxy) is 1. The van der Waals surface area contributed by atoms with Gasteiger partial charge in [0.05, 0.1) is 19.0 Å². The number of piperidine rings is 1. The van der Waals surface area contributed by atoms with Crippen molar-refractivity contribution < 1.29 is 13.2 Å². The minimum absolute atomic E-state index is 0.0430. The smallest absolute Gasteiger partial charge is 0.258 e. The van der Waals surface area contributed by atoms with Crippen molar-refractivity contribution in [1.29, 1.82) is 0 Å². The van der Waals surface area contributed by atoms with Crippen LogP contribution < -0.4 is 5.56 Å². The Morgan fingerprint density at radius 1 is 1.00 bits per heavy atom. The molecule has 1 aromatic heterocycles. The fraction of sp³-hybridized carbons (Fsp3) is 0.560. The van der Waals surface area contributed by atoms with E-state index in [0.717, 1.165) is 61.7 Å². The van der Waals surface area contributed by atoms with Crippen molar-refractivity contribution in [1.82, 2.24) is 13.8 Å². The first-order valence-electron chi connectivity index (χ1n) is 12.1. The number of sulfonamides is 1. The van der Waals surface area contributed by atoms with Crippen LogP contribution in [0.3, 0.4) is 0 Å². The zero-order chi connectivity index (χ0) is 23.0. The molecule has 2 saturated heterocycles. The zero-order valence-corrected chi connectivity index (χ0v) is 20.1.